The van der Waals surface area contributed by atoms with Gasteiger partial charge >= 0.3 is 5.97 Å². The highest BCUT2D eigenvalue weighted by atomic mass is 16.5. The van der Waals surface area contributed by atoms with Crippen molar-refractivity contribution in [2.24, 2.45) is 5.73 Å². The Labute approximate surface area is 113 Å². The third-order valence-corrected chi connectivity index (χ3v) is 2.70. The quantitative estimate of drug-likeness (QED) is 0.783. The van der Waals surface area contributed by atoms with Gasteiger partial charge in [0, 0.05) is 18.5 Å². The molecule has 106 valence electrons. The minimum absolute atomic E-state index is 0.131. The normalized spacial score (nSPS) is 12.5. The van der Waals surface area contributed by atoms with Crippen LogP contribution in [0.2, 0.25) is 0 Å². The maximum absolute atomic E-state index is 11.1. The third kappa shape index (κ3) is 4.54. The van der Waals surface area contributed by atoms with E-state index in [9.17, 15) is 4.79 Å². The molecule has 0 amide bonds. The number of aliphatic carboxylic acids is 1. The van der Waals surface area contributed by atoms with E-state index in [4.69, 9.17) is 20.3 Å². The maximum atomic E-state index is 11.1. The number of carbonyl (C=O) groups is 1. The summed E-state index contributed by atoms with van der Waals surface area (Å²) in [7, 11) is 1.58. The van der Waals surface area contributed by atoms with Gasteiger partial charge in [0.05, 0.1) is 13.2 Å². The molecule has 1 atom stereocenters. The molecule has 0 spiro atoms. The van der Waals surface area contributed by atoms with Crippen LogP contribution < -0.4 is 10.5 Å². The molecule has 0 aliphatic carbocycles. The van der Waals surface area contributed by atoms with Crippen molar-refractivity contribution in [3.8, 4) is 5.75 Å². The van der Waals surface area contributed by atoms with E-state index in [1.54, 1.807) is 13.2 Å². The standard InChI is InChI=1S/C14H21NO4/c1-9(2)19-13(14(16)17)7-10-4-5-12(18-3)11(6-10)8-15/h4-6,9,13H,7-8,15H2,1-3H3,(H,16,17). The molecule has 0 bridgehead atoms. The molecule has 0 saturated heterocycles. The Morgan fingerprint density at radius 2 is 2.11 bits per heavy atom. The van der Waals surface area contributed by atoms with Crippen LogP contribution in [0.4, 0.5) is 0 Å². The molecule has 1 rings (SSSR count). The SMILES string of the molecule is COc1ccc(CC(OC(C)C)C(=O)O)cc1CN. The van der Waals surface area contributed by atoms with Gasteiger partial charge in [-0.3, -0.25) is 0 Å². The van der Waals surface area contributed by atoms with Gasteiger partial charge in [-0.15, -0.1) is 0 Å². The second kappa shape index (κ2) is 7.11. The van der Waals surface area contributed by atoms with Gasteiger partial charge in [-0.1, -0.05) is 12.1 Å². The molecule has 0 heterocycles. The minimum atomic E-state index is -0.959. The first-order valence-electron chi connectivity index (χ1n) is 6.22. The van der Waals surface area contributed by atoms with Gasteiger partial charge in [0.15, 0.2) is 6.10 Å². The number of carboxylic acid groups (broad SMARTS) is 1. The summed E-state index contributed by atoms with van der Waals surface area (Å²) in [6.45, 7) is 3.98. The molecule has 5 heteroatoms. The molecule has 1 aromatic carbocycles. The molecule has 0 aliphatic heterocycles. The van der Waals surface area contributed by atoms with Crippen LogP contribution in [-0.4, -0.2) is 30.4 Å². The van der Waals surface area contributed by atoms with Gasteiger partial charge in [0.2, 0.25) is 0 Å². The van der Waals surface area contributed by atoms with E-state index in [1.165, 1.54) is 0 Å². The largest absolute Gasteiger partial charge is 0.496 e. The van der Waals surface area contributed by atoms with Crippen molar-refractivity contribution in [1.82, 2.24) is 0 Å². The summed E-state index contributed by atoms with van der Waals surface area (Å²) in [5.41, 5.74) is 7.36. The van der Waals surface area contributed by atoms with E-state index in [2.05, 4.69) is 0 Å². The molecule has 3 N–H and O–H groups in total. The fourth-order valence-electron chi connectivity index (χ4n) is 1.85. The van der Waals surface area contributed by atoms with Crippen LogP contribution in [0.3, 0.4) is 0 Å². The Morgan fingerprint density at radius 1 is 1.42 bits per heavy atom. The summed E-state index contributed by atoms with van der Waals surface area (Å²) in [4.78, 5) is 11.1. The number of ether oxygens (including phenoxy) is 2. The predicted molar refractivity (Wildman–Crippen MR) is 72.2 cm³/mol. The van der Waals surface area contributed by atoms with Crippen molar-refractivity contribution < 1.29 is 19.4 Å². The number of hydrogen-bond donors (Lipinski definition) is 2. The summed E-state index contributed by atoms with van der Waals surface area (Å²) in [6.07, 6.45) is -0.669. The van der Waals surface area contributed by atoms with E-state index in [0.29, 0.717) is 18.7 Å². The molecule has 1 unspecified atom stereocenters. The van der Waals surface area contributed by atoms with E-state index >= 15 is 0 Å². The summed E-state index contributed by atoms with van der Waals surface area (Å²) in [6, 6.07) is 5.49. The Kier molecular flexibility index (Phi) is 5.79. The Morgan fingerprint density at radius 3 is 2.58 bits per heavy atom. The lowest BCUT2D eigenvalue weighted by Gasteiger charge is -2.17. The molecule has 19 heavy (non-hydrogen) atoms. The zero-order valence-electron chi connectivity index (χ0n) is 11.6. The van der Waals surface area contributed by atoms with Crippen molar-refractivity contribution in [2.75, 3.05) is 7.11 Å². The second-order valence-electron chi connectivity index (χ2n) is 4.57. The van der Waals surface area contributed by atoms with Crippen molar-refractivity contribution in [2.45, 2.75) is 39.0 Å². The lowest BCUT2D eigenvalue weighted by molar-refractivity contribution is -0.153. The number of nitrogens with two attached hydrogens (primary N) is 1. The third-order valence-electron chi connectivity index (χ3n) is 2.70. The average molecular weight is 267 g/mol. The van der Waals surface area contributed by atoms with E-state index < -0.39 is 12.1 Å². The summed E-state index contributed by atoms with van der Waals surface area (Å²) >= 11 is 0. The second-order valence-corrected chi connectivity index (χ2v) is 4.57. The molecule has 0 aliphatic rings. The molecule has 0 saturated carbocycles. The number of methoxy groups -OCH3 is 1. The van der Waals surface area contributed by atoms with E-state index in [-0.39, 0.29) is 6.10 Å². The first-order valence-corrected chi connectivity index (χ1v) is 6.22. The molecule has 1 aromatic rings. The molecular formula is C14H21NO4. The number of benzene rings is 1. The first kappa shape index (κ1) is 15.5. The van der Waals surface area contributed by atoms with Crippen LogP contribution >= 0.6 is 0 Å². The van der Waals surface area contributed by atoms with Crippen molar-refractivity contribution in [1.29, 1.82) is 0 Å². The summed E-state index contributed by atoms with van der Waals surface area (Å²) in [5, 5.41) is 9.14. The van der Waals surface area contributed by atoms with Gasteiger partial charge in [-0.2, -0.15) is 0 Å². The lowest BCUT2D eigenvalue weighted by atomic mass is 10.0. The highest BCUT2D eigenvalue weighted by molar-refractivity contribution is 5.72. The topological polar surface area (TPSA) is 81.8 Å². The zero-order valence-corrected chi connectivity index (χ0v) is 11.6. The minimum Gasteiger partial charge on any atom is -0.496 e. The van der Waals surface area contributed by atoms with Crippen LogP contribution in [0.5, 0.6) is 5.75 Å². The predicted octanol–water partition coefficient (Wildman–Crippen LogP) is 1.57. The average Bonchev–Trinajstić information content (AvgIpc) is 2.37. The van der Waals surface area contributed by atoms with Gasteiger partial charge in [-0.05, 0) is 25.5 Å². The first-order chi connectivity index (χ1) is 8.97. The van der Waals surface area contributed by atoms with Crippen LogP contribution in [0.25, 0.3) is 0 Å². The van der Waals surface area contributed by atoms with Crippen molar-refractivity contribution >= 4 is 5.97 Å². The zero-order chi connectivity index (χ0) is 14.4. The molecular weight excluding hydrogens is 246 g/mol. The molecule has 0 radical (unpaired) electrons. The number of carboxylic acids is 1. The highest BCUT2D eigenvalue weighted by Crippen LogP contribution is 2.20. The van der Waals surface area contributed by atoms with Crippen LogP contribution in [-0.2, 0) is 22.5 Å². The Balaban J connectivity index is 2.87. The number of hydrogen-bond acceptors (Lipinski definition) is 4. The highest BCUT2D eigenvalue weighted by Gasteiger charge is 2.20. The van der Waals surface area contributed by atoms with Crippen molar-refractivity contribution in [3.05, 3.63) is 29.3 Å². The van der Waals surface area contributed by atoms with Gasteiger partial charge in [0.25, 0.3) is 0 Å². The Hall–Kier alpha value is -1.59. The lowest BCUT2D eigenvalue weighted by Crippen LogP contribution is -2.29. The van der Waals surface area contributed by atoms with Crippen LogP contribution in [0.15, 0.2) is 18.2 Å². The summed E-state index contributed by atoms with van der Waals surface area (Å²) < 4.78 is 10.6. The van der Waals surface area contributed by atoms with Crippen LogP contribution in [0.1, 0.15) is 25.0 Å². The monoisotopic (exact) mass is 267 g/mol. The molecule has 0 aromatic heterocycles. The molecule has 0 fully saturated rings. The van der Waals surface area contributed by atoms with E-state index in [1.807, 2.05) is 26.0 Å². The van der Waals surface area contributed by atoms with Gasteiger partial charge in [0.1, 0.15) is 5.75 Å². The fraction of sp³-hybridized carbons (Fsp3) is 0.500. The molecule has 5 nitrogen and oxygen atoms in total. The van der Waals surface area contributed by atoms with Crippen molar-refractivity contribution in [3.63, 3.8) is 0 Å². The number of rotatable bonds is 7. The van der Waals surface area contributed by atoms with Gasteiger partial charge in [-0.25, -0.2) is 4.79 Å². The Bertz CT molecular complexity index is 431. The maximum Gasteiger partial charge on any atom is 0.333 e. The van der Waals surface area contributed by atoms with Gasteiger partial charge < -0.3 is 20.3 Å². The van der Waals surface area contributed by atoms with Crippen LogP contribution in [0, 0.1) is 0 Å². The van der Waals surface area contributed by atoms with E-state index in [0.717, 1.165) is 11.1 Å². The summed E-state index contributed by atoms with van der Waals surface area (Å²) in [5.74, 6) is -0.248. The smallest absolute Gasteiger partial charge is 0.333 e. The fourth-order valence-corrected chi connectivity index (χ4v) is 1.85.